The Morgan fingerprint density at radius 3 is 2.71 bits per heavy atom. The van der Waals surface area contributed by atoms with Crippen molar-refractivity contribution in [1.82, 2.24) is 4.98 Å². The van der Waals surface area contributed by atoms with E-state index in [0.717, 1.165) is 22.8 Å². The molecule has 3 rings (SSSR count). The summed E-state index contributed by atoms with van der Waals surface area (Å²) in [7, 11) is 0. The molecule has 17 heavy (non-hydrogen) atoms. The Kier molecular flexibility index (Phi) is 2.43. The summed E-state index contributed by atoms with van der Waals surface area (Å²) in [6.07, 6.45) is 5.51. The van der Waals surface area contributed by atoms with Crippen molar-refractivity contribution < 1.29 is 0 Å². The molecule has 1 N–H and O–H groups in total. The van der Waals surface area contributed by atoms with E-state index in [2.05, 4.69) is 15.3 Å². The van der Waals surface area contributed by atoms with Gasteiger partial charge in [-0.05, 0) is 30.3 Å². The molecule has 0 saturated carbocycles. The third-order valence-corrected chi connectivity index (χ3v) is 2.57. The molecule has 0 unspecified atom stereocenters. The first-order chi connectivity index (χ1) is 8.43. The Balaban J connectivity index is 2.02. The van der Waals surface area contributed by atoms with E-state index in [1.807, 2.05) is 48.5 Å². The van der Waals surface area contributed by atoms with Crippen molar-refractivity contribution in [2.75, 3.05) is 5.32 Å². The number of fused-ring (bicyclic) bond motifs is 1. The fraction of sp³-hybridized carbons (Fsp3) is 0. The van der Waals surface area contributed by atoms with Gasteiger partial charge in [-0.15, -0.1) is 0 Å². The monoisotopic (exact) mass is 221 g/mol. The maximum absolute atomic E-state index is 4.37. The fourth-order valence-electron chi connectivity index (χ4n) is 1.74. The normalized spacial score (nSPS) is 13.3. The van der Waals surface area contributed by atoms with Crippen LogP contribution in [0.2, 0.25) is 0 Å². The molecular weight excluding hydrogens is 210 g/mol. The minimum absolute atomic E-state index is 0.913. The van der Waals surface area contributed by atoms with E-state index in [9.17, 15) is 0 Å². The first kappa shape index (κ1) is 9.78. The van der Waals surface area contributed by atoms with Crippen molar-refractivity contribution in [2.24, 2.45) is 4.99 Å². The Morgan fingerprint density at radius 2 is 1.82 bits per heavy atom. The lowest BCUT2D eigenvalue weighted by Gasteiger charge is -2.09. The van der Waals surface area contributed by atoms with Crippen LogP contribution in [0.4, 0.5) is 11.4 Å². The van der Waals surface area contributed by atoms with E-state index in [-0.39, 0.29) is 0 Å². The summed E-state index contributed by atoms with van der Waals surface area (Å²) in [5.74, 6) is 0. The number of pyridine rings is 1. The second-order valence-electron chi connectivity index (χ2n) is 3.72. The molecule has 0 fully saturated rings. The van der Waals surface area contributed by atoms with Crippen LogP contribution in [0.15, 0.2) is 59.7 Å². The number of benzene rings is 1. The fourth-order valence-corrected chi connectivity index (χ4v) is 1.74. The highest BCUT2D eigenvalue weighted by Crippen LogP contribution is 2.28. The van der Waals surface area contributed by atoms with Crippen LogP contribution in [-0.2, 0) is 0 Å². The minimum atomic E-state index is 0.913. The van der Waals surface area contributed by atoms with Crippen molar-refractivity contribution in [1.29, 1.82) is 0 Å². The molecule has 0 spiro atoms. The summed E-state index contributed by atoms with van der Waals surface area (Å²) < 4.78 is 0. The van der Waals surface area contributed by atoms with Gasteiger partial charge in [-0.25, -0.2) is 0 Å². The van der Waals surface area contributed by atoms with Gasteiger partial charge >= 0.3 is 0 Å². The molecule has 2 aromatic rings. The van der Waals surface area contributed by atoms with Crippen LogP contribution in [0, 0.1) is 0 Å². The average Bonchev–Trinajstić information content (AvgIpc) is 2.62. The second kappa shape index (κ2) is 4.22. The Bertz CT molecular complexity index is 585. The predicted octanol–water partition coefficient (Wildman–Crippen LogP) is 3.25. The molecule has 0 saturated heterocycles. The van der Waals surface area contributed by atoms with E-state index in [1.54, 1.807) is 12.4 Å². The highest BCUT2D eigenvalue weighted by Gasteiger charge is 2.07. The molecule has 1 aliphatic heterocycles. The van der Waals surface area contributed by atoms with Crippen molar-refractivity contribution in [2.45, 2.75) is 0 Å². The minimum Gasteiger partial charge on any atom is -0.352 e. The van der Waals surface area contributed by atoms with Gasteiger partial charge in [-0.3, -0.25) is 9.98 Å². The highest BCUT2D eigenvalue weighted by atomic mass is 15.0. The van der Waals surface area contributed by atoms with E-state index < -0.39 is 0 Å². The molecule has 82 valence electrons. The number of allylic oxidation sites excluding steroid dienone is 1. The summed E-state index contributed by atoms with van der Waals surface area (Å²) >= 11 is 0. The Labute approximate surface area is 99.6 Å². The zero-order valence-corrected chi connectivity index (χ0v) is 9.17. The molecule has 0 amide bonds. The van der Waals surface area contributed by atoms with Gasteiger partial charge in [-0.2, -0.15) is 0 Å². The van der Waals surface area contributed by atoms with E-state index in [1.165, 1.54) is 0 Å². The topological polar surface area (TPSA) is 37.3 Å². The number of aromatic nitrogens is 1. The molecule has 0 atom stereocenters. The molecule has 0 bridgehead atoms. The second-order valence-corrected chi connectivity index (χ2v) is 3.72. The maximum Gasteiger partial charge on any atom is 0.0865 e. The number of hydrogen-bond acceptors (Lipinski definition) is 3. The van der Waals surface area contributed by atoms with Gasteiger partial charge < -0.3 is 5.32 Å². The summed E-state index contributed by atoms with van der Waals surface area (Å²) in [5, 5.41) is 3.35. The standard InChI is InChI=1S/C14H11N3/c1-2-7-13-11(5-1)16-10-8-14(17-13)12-6-3-4-9-15-12/h1-10,17H. The smallest absolute Gasteiger partial charge is 0.0865 e. The van der Waals surface area contributed by atoms with Crippen LogP contribution in [0.5, 0.6) is 0 Å². The number of anilines is 1. The third kappa shape index (κ3) is 1.95. The van der Waals surface area contributed by atoms with Gasteiger partial charge in [0.15, 0.2) is 0 Å². The Morgan fingerprint density at radius 1 is 0.941 bits per heavy atom. The van der Waals surface area contributed by atoms with Gasteiger partial charge in [0.05, 0.1) is 22.8 Å². The van der Waals surface area contributed by atoms with Crippen LogP contribution in [-0.4, -0.2) is 11.2 Å². The number of nitrogens with one attached hydrogen (secondary N) is 1. The lowest BCUT2D eigenvalue weighted by atomic mass is 10.2. The van der Waals surface area contributed by atoms with Crippen molar-refractivity contribution >= 4 is 23.3 Å². The van der Waals surface area contributed by atoms with Gasteiger partial charge in [0.2, 0.25) is 0 Å². The summed E-state index contributed by atoms with van der Waals surface area (Å²) in [6, 6.07) is 13.8. The number of hydrogen-bond donors (Lipinski definition) is 1. The van der Waals surface area contributed by atoms with Gasteiger partial charge in [-0.1, -0.05) is 18.2 Å². The molecule has 0 radical (unpaired) electrons. The maximum atomic E-state index is 4.37. The number of para-hydroxylation sites is 2. The van der Waals surface area contributed by atoms with Crippen LogP contribution in [0.25, 0.3) is 5.70 Å². The van der Waals surface area contributed by atoms with Crippen LogP contribution in [0.1, 0.15) is 5.69 Å². The van der Waals surface area contributed by atoms with Crippen molar-refractivity contribution in [3.8, 4) is 0 Å². The SMILES string of the molecule is C1=Nc2ccccc2NC(c2ccccn2)=C1. The molecule has 3 heteroatoms. The van der Waals surface area contributed by atoms with E-state index in [0.29, 0.717) is 0 Å². The summed E-state index contributed by atoms with van der Waals surface area (Å²) in [4.78, 5) is 8.70. The van der Waals surface area contributed by atoms with Crippen LogP contribution in [0.3, 0.4) is 0 Å². The molecule has 2 heterocycles. The number of rotatable bonds is 1. The van der Waals surface area contributed by atoms with Crippen LogP contribution < -0.4 is 5.32 Å². The van der Waals surface area contributed by atoms with Gasteiger partial charge in [0, 0.05) is 12.4 Å². The highest BCUT2D eigenvalue weighted by molar-refractivity contribution is 5.94. The molecule has 1 aliphatic rings. The zero-order chi connectivity index (χ0) is 11.5. The molecule has 1 aromatic carbocycles. The first-order valence-electron chi connectivity index (χ1n) is 5.45. The molecule has 3 nitrogen and oxygen atoms in total. The van der Waals surface area contributed by atoms with Gasteiger partial charge in [0.1, 0.15) is 0 Å². The van der Waals surface area contributed by atoms with E-state index >= 15 is 0 Å². The number of nitrogens with zero attached hydrogens (tertiary/aromatic N) is 2. The summed E-state index contributed by atoms with van der Waals surface area (Å²) in [5.41, 5.74) is 3.81. The van der Waals surface area contributed by atoms with Gasteiger partial charge in [0.25, 0.3) is 0 Å². The third-order valence-electron chi connectivity index (χ3n) is 2.57. The van der Waals surface area contributed by atoms with Crippen LogP contribution >= 0.6 is 0 Å². The largest absolute Gasteiger partial charge is 0.352 e. The quantitative estimate of drug-likeness (QED) is 0.802. The Hall–Kier alpha value is -2.42. The zero-order valence-electron chi connectivity index (χ0n) is 9.17. The summed E-state index contributed by atoms with van der Waals surface area (Å²) in [6.45, 7) is 0. The number of aliphatic imine (C=N–C) groups is 1. The molecular formula is C14H11N3. The van der Waals surface area contributed by atoms with E-state index in [4.69, 9.17) is 0 Å². The first-order valence-corrected chi connectivity index (χ1v) is 5.45. The average molecular weight is 221 g/mol. The molecule has 1 aromatic heterocycles. The van der Waals surface area contributed by atoms with Crippen molar-refractivity contribution in [3.63, 3.8) is 0 Å². The lowest BCUT2D eigenvalue weighted by molar-refractivity contribution is 1.27. The predicted molar refractivity (Wildman–Crippen MR) is 70.4 cm³/mol. The lowest BCUT2D eigenvalue weighted by Crippen LogP contribution is -1.99. The van der Waals surface area contributed by atoms with Crippen molar-refractivity contribution in [3.05, 3.63) is 60.4 Å². The molecule has 0 aliphatic carbocycles.